The molecule has 17 heavy (non-hydrogen) atoms. The Bertz CT molecular complexity index is 235. The number of aliphatic hydroxyl groups excluding tert-OH is 1. The molecule has 0 aliphatic rings. The zero-order valence-corrected chi connectivity index (χ0v) is 10.2. The molecule has 0 spiro atoms. The number of aliphatic hydroxyl groups is 1. The summed E-state index contributed by atoms with van der Waals surface area (Å²) in [7, 11) is 0. The minimum Gasteiger partial charge on any atom is -0.463 e. The molecule has 0 aromatic carbocycles. The van der Waals surface area contributed by atoms with E-state index in [1.54, 1.807) is 0 Å². The SMILES string of the molecule is C=CC(=O)OCCCC.C=CC(=O)OCCO. The van der Waals surface area contributed by atoms with Gasteiger partial charge in [-0.2, -0.15) is 0 Å². The van der Waals surface area contributed by atoms with Gasteiger partial charge in [-0.15, -0.1) is 0 Å². The molecule has 0 radical (unpaired) electrons. The summed E-state index contributed by atoms with van der Waals surface area (Å²) in [5.41, 5.74) is 0. The number of carbonyl (C=O) groups excluding carboxylic acids is 2. The lowest BCUT2D eigenvalue weighted by molar-refractivity contribution is -0.139. The number of hydrogen-bond donors (Lipinski definition) is 1. The van der Waals surface area contributed by atoms with Crippen LogP contribution in [-0.4, -0.2) is 36.9 Å². The first-order chi connectivity index (χ1) is 8.12. The third kappa shape index (κ3) is 17.0. The molecule has 0 aromatic rings. The Morgan fingerprint density at radius 1 is 1.12 bits per heavy atom. The molecule has 1 N–H and O–H groups in total. The zero-order chi connectivity index (χ0) is 13.5. The van der Waals surface area contributed by atoms with Gasteiger partial charge in [0.1, 0.15) is 6.61 Å². The fraction of sp³-hybridized carbons (Fsp3) is 0.500. The van der Waals surface area contributed by atoms with E-state index in [0.717, 1.165) is 18.9 Å². The van der Waals surface area contributed by atoms with E-state index in [1.807, 2.05) is 6.92 Å². The molecule has 0 heterocycles. The second kappa shape index (κ2) is 14.4. The van der Waals surface area contributed by atoms with Crippen molar-refractivity contribution < 1.29 is 24.2 Å². The first-order valence-electron chi connectivity index (χ1n) is 5.31. The highest BCUT2D eigenvalue weighted by atomic mass is 16.5. The molecule has 0 aromatic heterocycles. The maximum atomic E-state index is 10.3. The second-order valence-electron chi connectivity index (χ2n) is 2.82. The molecular weight excluding hydrogens is 224 g/mol. The summed E-state index contributed by atoms with van der Waals surface area (Å²) in [4.78, 5) is 20.5. The Hall–Kier alpha value is -1.62. The Morgan fingerprint density at radius 3 is 1.94 bits per heavy atom. The highest BCUT2D eigenvalue weighted by Crippen LogP contribution is 1.88. The fourth-order valence-corrected chi connectivity index (χ4v) is 0.581. The summed E-state index contributed by atoms with van der Waals surface area (Å²) < 4.78 is 9.01. The van der Waals surface area contributed by atoms with E-state index < -0.39 is 5.97 Å². The molecule has 0 fully saturated rings. The summed E-state index contributed by atoms with van der Waals surface area (Å²) in [6, 6.07) is 0. The van der Waals surface area contributed by atoms with Crippen LogP contribution in [0.5, 0.6) is 0 Å². The molecule has 0 aliphatic heterocycles. The van der Waals surface area contributed by atoms with Crippen LogP contribution in [0.25, 0.3) is 0 Å². The van der Waals surface area contributed by atoms with E-state index in [1.165, 1.54) is 6.08 Å². The number of hydrogen-bond acceptors (Lipinski definition) is 5. The lowest BCUT2D eigenvalue weighted by Crippen LogP contribution is -2.04. The molecule has 98 valence electrons. The van der Waals surface area contributed by atoms with Crippen molar-refractivity contribution in [1.29, 1.82) is 0 Å². The van der Waals surface area contributed by atoms with Crippen LogP contribution in [0.1, 0.15) is 19.8 Å². The minimum atomic E-state index is -0.501. The van der Waals surface area contributed by atoms with Crippen LogP contribution in [0.4, 0.5) is 0 Å². The lowest BCUT2D eigenvalue weighted by atomic mass is 10.4. The molecule has 5 nitrogen and oxygen atoms in total. The van der Waals surface area contributed by atoms with Gasteiger partial charge in [-0.3, -0.25) is 0 Å². The van der Waals surface area contributed by atoms with Gasteiger partial charge in [-0.05, 0) is 6.42 Å². The van der Waals surface area contributed by atoms with Gasteiger partial charge < -0.3 is 14.6 Å². The summed E-state index contributed by atoms with van der Waals surface area (Å²) in [5.74, 6) is -0.831. The van der Waals surface area contributed by atoms with E-state index >= 15 is 0 Å². The van der Waals surface area contributed by atoms with Crippen molar-refractivity contribution in [2.45, 2.75) is 19.8 Å². The predicted octanol–water partition coefficient (Wildman–Crippen LogP) is 1.22. The average Bonchev–Trinajstić information content (AvgIpc) is 2.36. The largest absolute Gasteiger partial charge is 0.463 e. The summed E-state index contributed by atoms with van der Waals surface area (Å²) in [5, 5.41) is 8.10. The van der Waals surface area contributed by atoms with E-state index in [0.29, 0.717) is 6.61 Å². The summed E-state index contributed by atoms with van der Waals surface area (Å²) in [6.07, 6.45) is 4.20. The van der Waals surface area contributed by atoms with Gasteiger partial charge >= 0.3 is 11.9 Å². The molecule has 0 atom stereocenters. The number of ether oxygens (including phenoxy) is 2. The normalized spacial score (nSPS) is 8.35. The summed E-state index contributed by atoms with van der Waals surface area (Å²) in [6.45, 7) is 8.89. The Balaban J connectivity index is 0. The molecule has 0 saturated heterocycles. The molecule has 0 unspecified atom stereocenters. The third-order valence-corrected chi connectivity index (χ3v) is 1.41. The quantitative estimate of drug-likeness (QED) is 0.414. The lowest BCUT2D eigenvalue weighted by Gasteiger charge is -1.97. The maximum absolute atomic E-state index is 10.3. The second-order valence-corrected chi connectivity index (χ2v) is 2.82. The smallest absolute Gasteiger partial charge is 0.330 e. The number of rotatable bonds is 7. The van der Waals surface area contributed by atoms with E-state index in [4.69, 9.17) is 5.11 Å². The number of esters is 2. The average molecular weight is 244 g/mol. The van der Waals surface area contributed by atoms with Crippen molar-refractivity contribution in [2.75, 3.05) is 19.8 Å². The van der Waals surface area contributed by atoms with Gasteiger partial charge in [0.2, 0.25) is 0 Å². The van der Waals surface area contributed by atoms with Crippen molar-refractivity contribution in [2.24, 2.45) is 0 Å². The molecule has 0 aliphatic carbocycles. The number of unbranched alkanes of at least 4 members (excludes halogenated alkanes) is 1. The van der Waals surface area contributed by atoms with Crippen molar-refractivity contribution in [1.82, 2.24) is 0 Å². The summed E-state index contributed by atoms with van der Waals surface area (Å²) >= 11 is 0. The van der Waals surface area contributed by atoms with Gasteiger partial charge in [0, 0.05) is 12.2 Å². The van der Waals surface area contributed by atoms with E-state index in [-0.39, 0.29) is 19.2 Å². The third-order valence-electron chi connectivity index (χ3n) is 1.41. The van der Waals surface area contributed by atoms with Gasteiger partial charge in [0.25, 0.3) is 0 Å². The van der Waals surface area contributed by atoms with Crippen molar-refractivity contribution in [3.8, 4) is 0 Å². The van der Waals surface area contributed by atoms with E-state index in [2.05, 4.69) is 22.6 Å². The van der Waals surface area contributed by atoms with Crippen LogP contribution in [0.15, 0.2) is 25.3 Å². The van der Waals surface area contributed by atoms with Gasteiger partial charge in [-0.1, -0.05) is 26.5 Å². The Kier molecular flexibility index (Phi) is 15.0. The molecule has 0 rings (SSSR count). The fourth-order valence-electron chi connectivity index (χ4n) is 0.581. The monoisotopic (exact) mass is 244 g/mol. The number of carbonyl (C=O) groups is 2. The maximum Gasteiger partial charge on any atom is 0.330 e. The molecule has 5 heteroatoms. The first kappa shape index (κ1) is 17.8. The highest BCUT2D eigenvalue weighted by molar-refractivity contribution is 5.81. The van der Waals surface area contributed by atoms with E-state index in [9.17, 15) is 9.59 Å². The molecular formula is C12H20O5. The van der Waals surface area contributed by atoms with Crippen molar-refractivity contribution in [3.05, 3.63) is 25.3 Å². The molecule has 0 amide bonds. The first-order valence-corrected chi connectivity index (χ1v) is 5.31. The van der Waals surface area contributed by atoms with Crippen LogP contribution < -0.4 is 0 Å². The predicted molar refractivity (Wildman–Crippen MR) is 64.3 cm³/mol. The minimum absolute atomic E-state index is 0.0465. The topological polar surface area (TPSA) is 72.8 Å². The Labute approximate surface area is 102 Å². The van der Waals surface area contributed by atoms with Crippen LogP contribution in [0.3, 0.4) is 0 Å². The van der Waals surface area contributed by atoms with Crippen LogP contribution >= 0.6 is 0 Å². The van der Waals surface area contributed by atoms with Crippen LogP contribution in [0.2, 0.25) is 0 Å². The molecule has 0 saturated carbocycles. The van der Waals surface area contributed by atoms with Gasteiger partial charge in [-0.25, -0.2) is 9.59 Å². The standard InChI is InChI=1S/C7H12O2.C5H8O3/c1-3-5-6-9-7(8)4-2;1-2-5(7)8-4-3-6/h4H,2-3,5-6H2,1H3;2,6H,1,3-4H2. The Morgan fingerprint density at radius 2 is 1.59 bits per heavy atom. The zero-order valence-electron chi connectivity index (χ0n) is 10.2. The van der Waals surface area contributed by atoms with Crippen molar-refractivity contribution >= 4 is 11.9 Å². The van der Waals surface area contributed by atoms with Crippen LogP contribution in [-0.2, 0) is 19.1 Å². The van der Waals surface area contributed by atoms with Crippen molar-refractivity contribution in [3.63, 3.8) is 0 Å². The van der Waals surface area contributed by atoms with Gasteiger partial charge in [0.15, 0.2) is 0 Å². The molecule has 0 bridgehead atoms. The van der Waals surface area contributed by atoms with Gasteiger partial charge in [0.05, 0.1) is 13.2 Å². The highest BCUT2D eigenvalue weighted by Gasteiger charge is 1.91. The van der Waals surface area contributed by atoms with Crippen LogP contribution in [0, 0.1) is 0 Å².